The number of amides is 1. The van der Waals surface area contributed by atoms with Gasteiger partial charge in [-0.05, 0) is 85.2 Å². The van der Waals surface area contributed by atoms with Crippen molar-refractivity contribution >= 4 is 22.4 Å². The maximum absolute atomic E-state index is 14.6. The van der Waals surface area contributed by atoms with E-state index >= 15 is 0 Å². The standard InChI is InChI=1S/C26H29FN2O/c1-5-28-24-15-23(27)22(12-16(24)2)17(3)29-25(30)20-7-6-19-14-21(26(4)10-11-26)9-8-18(19)13-20/h6-9,12-15,17,28H,5,10-11H2,1-4H3,(H,29,30)/t17-/m1/s1. The van der Waals surface area contributed by atoms with Gasteiger partial charge in [0.05, 0.1) is 6.04 Å². The lowest BCUT2D eigenvalue weighted by molar-refractivity contribution is 0.0939. The number of hydrogen-bond acceptors (Lipinski definition) is 2. The van der Waals surface area contributed by atoms with Gasteiger partial charge in [-0.25, -0.2) is 4.39 Å². The van der Waals surface area contributed by atoms with Crippen LogP contribution in [0.2, 0.25) is 0 Å². The van der Waals surface area contributed by atoms with Crippen LogP contribution < -0.4 is 10.6 Å². The number of aryl methyl sites for hydroxylation is 1. The van der Waals surface area contributed by atoms with Gasteiger partial charge in [0.1, 0.15) is 5.82 Å². The molecule has 3 aromatic rings. The average molecular weight is 405 g/mol. The zero-order valence-electron chi connectivity index (χ0n) is 18.1. The molecule has 1 aliphatic rings. The largest absolute Gasteiger partial charge is 0.385 e. The average Bonchev–Trinajstić information content (AvgIpc) is 3.48. The van der Waals surface area contributed by atoms with Crippen molar-refractivity contribution in [3.8, 4) is 0 Å². The predicted molar refractivity (Wildman–Crippen MR) is 122 cm³/mol. The minimum atomic E-state index is -0.431. The fourth-order valence-corrected chi connectivity index (χ4v) is 4.01. The van der Waals surface area contributed by atoms with Crippen molar-refractivity contribution in [3.05, 3.63) is 76.6 Å². The summed E-state index contributed by atoms with van der Waals surface area (Å²) in [6.07, 6.45) is 2.48. The van der Waals surface area contributed by atoms with Crippen molar-refractivity contribution in [1.82, 2.24) is 5.32 Å². The zero-order valence-corrected chi connectivity index (χ0v) is 18.1. The Kier molecular flexibility index (Phi) is 5.27. The first-order valence-corrected chi connectivity index (χ1v) is 10.7. The highest BCUT2D eigenvalue weighted by atomic mass is 19.1. The lowest BCUT2D eigenvalue weighted by atomic mass is 9.95. The van der Waals surface area contributed by atoms with E-state index in [0.29, 0.717) is 16.5 Å². The van der Waals surface area contributed by atoms with Crippen LogP contribution in [-0.2, 0) is 5.41 Å². The molecule has 0 saturated heterocycles. The summed E-state index contributed by atoms with van der Waals surface area (Å²) in [4.78, 5) is 12.8. The molecule has 1 atom stereocenters. The number of benzene rings is 3. The molecular weight excluding hydrogens is 375 g/mol. The highest BCUT2D eigenvalue weighted by Crippen LogP contribution is 2.48. The van der Waals surface area contributed by atoms with E-state index in [-0.39, 0.29) is 11.7 Å². The Morgan fingerprint density at radius 1 is 1.10 bits per heavy atom. The van der Waals surface area contributed by atoms with Crippen LogP contribution in [0.25, 0.3) is 10.8 Å². The molecule has 0 spiro atoms. The highest BCUT2D eigenvalue weighted by molar-refractivity contribution is 5.99. The molecule has 0 aromatic heterocycles. The van der Waals surface area contributed by atoms with Crippen molar-refractivity contribution in [2.24, 2.45) is 0 Å². The summed E-state index contributed by atoms with van der Waals surface area (Å²) in [5.41, 5.74) is 4.51. The third kappa shape index (κ3) is 3.91. The molecule has 0 unspecified atom stereocenters. The second-order valence-corrected chi connectivity index (χ2v) is 8.75. The first kappa shape index (κ1) is 20.4. The second-order valence-electron chi connectivity index (χ2n) is 8.75. The number of rotatable bonds is 6. The number of anilines is 1. The highest BCUT2D eigenvalue weighted by Gasteiger charge is 2.38. The van der Waals surface area contributed by atoms with Crippen LogP contribution in [0.3, 0.4) is 0 Å². The Hall–Kier alpha value is -2.88. The smallest absolute Gasteiger partial charge is 0.251 e. The van der Waals surface area contributed by atoms with E-state index in [0.717, 1.165) is 28.6 Å². The maximum atomic E-state index is 14.6. The number of nitrogens with one attached hydrogen (secondary N) is 2. The van der Waals surface area contributed by atoms with Gasteiger partial charge in [-0.3, -0.25) is 4.79 Å². The summed E-state index contributed by atoms with van der Waals surface area (Å²) in [6, 6.07) is 15.1. The van der Waals surface area contributed by atoms with E-state index in [9.17, 15) is 9.18 Å². The minimum Gasteiger partial charge on any atom is -0.385 e. The number of hydrogen-bond donors (Lipinski definition) is 2. The van der Waals surface area contributed by atoms with Gasteiger partial charge in [-0.15, -0.1) is 0 Å². The molecule has 0 heterocycles. The molecule has 1 fully saturated rings. The normalized spacial score (nSPS) is 15.6. The first-order chi connectivity index (χ1) is 14.3. The van der Waals surface area contributed by atoms with Crippen molar-refractivity contribution in [2.45, 2.75) is 52.0 Å². The number of halogens is 1. The van der Waals surface area contributed by atoms with E-state index < -0.39 is 6.04 Å². The molecule has 3 nitrogen and oxygen atoms in total. The first-order valence-electron chi connectivity index (χ1n) is 10.7. The second kappa shape index (κ2) is 7.75. The summed E-state index contributed by atoms with van der Waals surface area (Å²) in [6.45, 7) is 8.75. The van der Waals surface area contributed by atoms with E-state index in [1.54, 1.807) is 6.07 Å². The molecular formula is C26H29FN2O. The fraction of sp³-hybridized carbons (Fsp3) is 0.346. The van der Waals surface area contributed by atoms with Crippen molar-refractivity contribution in [1.29, 1.82) is 0 Å². The van der Waals surface area contributed by atoms with Crippen LogP contribution in [0.1, 0.15) is 66.7 Å². The Morgan fingerprint density at radius 2 is 1.80 bits per heavy atom. The molecule has 1 saturated carbocycles. The third-order valence-electron chi connectivity index (χ3n) is 6.32. The number of carbonyl (C=O) groups excluding carboxylic acids is 1. The van der Waals surface area contributed by atoms with Gasteiger partial charge in [-0.1, -0.05) is 31.2 Å². The molecule has 156 valence electrons. The van der Waals surface area contributed by atoms with Gasteiger partial charge >= 0.3 is 0 Å². The Balaban J connectivity index is 1.53. The Morgan fingerprint density at radius 3 is 2.50 bits per heavy atom. The van der Waals surface area contributed by atoms with Gasteiger partial charge in [-0.2, -0.15) is 0 Å². The molecule has 2 N–H and O–H groups in total. The van der Waals surface area contributed by atoms with Crippen LogP contribution in [0.15, 0.2) is 48.5 Å². The quantitative estimate of drug-likeness (QED) is 0.509. The number of carbonyl (C=O) groups is 1. The number of fused-ring (bicyclic) bond motifs is 1. The molecule has 4 rings (SSSR count). The van der Waals surface area contributed by atoms with Crippen molar-refractivity contribution < 1.29 is 9.18 Å². The molecule has 1 amide bonds. The minimum absolute atomic E-state index is 0.199. The molecule has 3 aromatic carbocycles. The molecule has 0 radical (unpaired) electrons. The van der Waals surface area contributed by atoms with Crippen molar-refractivity contribution in [2.75, 3.05) is 11.9 Å². The van der Waals surface area contributed by atoms with E-state index in [2.05, 4.69) is 35.8 Å². The van der Waals surface area contributed by atoms with Gasteiger partial charge in [0.15, 0.2) is 0 Å². The van der Waals surface area contributed by atoms with E-state index in [1.165, 1.54) is 24.5 Å². The van der Waals surface area contributed by atoms with Crippen LogP contribution >= 0.6 is 0 Å². The fourth-order valence-electron chi connectivity index (χ4n) is 4.01. The van der Waals surface area contributed by atoms with Crippen LogP contribution in [0, 0.1) is 12.7 Å². The SMILES string of the molecule is CCNc1cc(F)c([C@@H](C)NC(=O)c2ccc3cc(C4(C)CC4)ccc3c2)cc1C. The molecule has 30 heavy (non-hydrogen) atoms. The van der Waals surface area contributed by atoms with E-state index in [4.69, 9.17) is 0 Å². The van der Waals surface area contributed by atoms with Crippen LogP contribution in [0.5, 0.6) is 0 Å². The Labute approximate surface area is 177 Å². The topological polar surface area (TPSA) is 41.1 Å². The third-order valence-corrected chi connectivity index (χ3v) is 6.32. The van der Waals surface area contributed by atoms with Crippen LogP contribution in [0.4, 0.5) is 10.1 Å². The van der Waals surface area contributed by atoms with Crippen molar-refractivity contribution in [3.63, 3.8) is 0 Å². The van der Waals surface area contributed by atoms with E-state index in [1.807, 2.05) is 39.0 Å². The summed E-state index contributed by atoms with van der Waals surface area (Å²) in [5, 5.41) is 8.29. The summed E-state index contributed by atoms with van der Waals surface area (Å²) < 4.78 is 14.6. The van der Waals surface area contributed by atoms with Crippen LogP contribution in [-0.4, -0.2) is 12.5 Å². The predicted octanol–water partition coefficient (Wildman–Crippen LogP) is 6.26. The summed E-state index contributed by atoms with van der Waals surface area (Å²) >= 11 is 0. The molecule has 1 aliphatic carbocycles. The molecule has 0 aliphatic heterocycles. The van der Waals surface area contributed by atoms with Gasteiger partial charge < -0.3 is 10.6 Å². The molecule has 0 bridgehead atoms. The maximum Gasteiger partial charge on any atom is 0.251 e. The van der Waals surface area contributed by atoms with Gasteiger partial charge in [0, 0.05) is 23.4 Å². The van der Waals surface area contributed by atoms with Gasteiger partial charge in [0.25, 0.3) is 5.91 Å². The molecule has 4 heteroatoms. The van der Waals surface area contributed by atoms with Gasteiger partial charge in [0.2, 0.25) is 0 Å². The zero-order chi connectivity index (χ0) is 21.5. The lowest BCUT2D eigenvalue weighted by Crippen LogP contribution is -2.27. The lowest BCUT2D eigenvalue weighted by Gasteiger charge is -2.18. The summed E-state index contributed by atoms with van der Waals surface area (Å²) in [5.74, 6) is -0.514. The Bertz CT molecular complexity index is 1120. The summed E-state index contributed by atoms with van der Waals surface area (Å²) in [7, 11) is 0. The monoisotopic (exact) mass is 404 g/mol.